The highest BCUT2D eigenvalue weighted by molar-refractivity contribution is 9.10. The topological polar surface area (TPSA) is 12.0 Å². The molecule has 0 saturated heterocycles. The van der Waals surface area contributed by atoms with Crippen LogP contribution in [0.3, 0.4) is 0 Å². The summed E-state index contributed by atoms with van der Waals surface area (Å²) in [6, 6.07) is 10.2. The first-order chi connectivity index (χ1) is 8.97. The molecule has 0 fully saturated rings. The predicted molar refractivity (Wildman–Crippen MR) is 90.1 cm³/mol. The Morgan fingerprint density at radius 1 is 1.00 bits per heavy atom. The molecule has 0 amide bonds. The number of hydrogen-bond acceptors (Lipinski definition) is 1. The molecule has 19 heavy (non-hydrogen) atoms. The number of benzene rings is 2. The zero-order valence-corrected chi connectivity index (χ0v) is 14.7. The van der Waals surface area contributed by atoms with Crippen molar-refractivity contribution in [3.05, 3.63) is 61.0 Å². The van der Waals surface area contributed by atoms with Crippen molar-refractivity contribution >= 4 is 49.1 Å². The molecule has 0 bridgehead atoms. The summed E-state index contributed by atoms with van der Waals surface area (Å²) in [5.74, 6) is 0. The van der Waals surface area contributed by atoms with Crippen molar-refractivity contribution in [1.29, 1.82) is 0 Å². The Kier molecular flexibility index (Phi) is 4.93. The highest BCUT2D eigenvalue weighted by Crippen LogP contribution is 2.27. The summed E-state index contributed by atoms with van der Waals surface area (Å²) in [5.41, 5.74) is 4.70. The number of rotatable bonds is 3. The Bertz CT molecular complexity index is 588. The summed E-state index contributed by atoms with van der Waals surface area (Å²) >= 11 is 13.1. The van der Waals surface area contributed by atoms with Crippen LogP contribution in [-0.4, -0.2) is 0 Å². The minimum absolute atomic E-state index is 0.718. The van der Waals surface area contributed by atoms with Crippen LogP contribution in [0.5, 0.6) is 0 Å². The van der Waals surface area contributed by atoms with E-state index in [2.05, 4.69) is 63.2 Å². The lowest BCUT2D eigenvalue weighted by Crippen LogP contribution is -2.03. The van der Waals surface area contributed by atoms with Crippen molar-refractivity contribution in [2.75, 3.05) is 5.32 Å². The molecule has 2 aromatic rings. The average molecular weight is 404 g/mol. The average Bonchev–Trinajstić information content (AvgIpc) is 2.30. The minimum Gasteiger partial charge on any atom is -0.380 e. The van der Waals surface area contributed by atoms with E-state index in [9.17, 15) is 0 Å². The van der Waals surface area contributed by atoms with Gasteiger partial charge in [-0.15, -0.1) is 0 Å². The third-order valence-electron chi connectivity index (χ3n) is 2.97. The summed E-state index contributed by atoms with van der Waals surface area (Å²) in [7, 11) is 0. The molecule has 0 atom stereocenters. The lowest BCUT2D eigenvalue weighted by Gasteiger charge is -2.14. The first-order valence-electron chi connectivity index (χ1n) is 5.92. The van der Waals surface area contributed by atoms with Gasteiger partial charge < -0.3 is 5.32 Å². The molecule has 2 aromatic carbocycles. The zero-order chi connectivity index (χ0) is 14.0. The molecule has 0 radical (unpaired) electrons. The highest BCUT2D eigenvalue weighted by Gasteiger charge is 2.06. The van der Waals surface area contributed by atoms with Gasteiger partial charge >= 0.3 is 0 Å². The van der Waals surface area contributed by atoms with Crippen molar-refractivity contribution in [2.24, 2.45) is 0 Å². The SMILES string of the molecule is Cc1cc(Br)cc(C)c1NCc1ccc(Br)cc1Cl. The van der Waals surface area contributed by atoms with Crippen molar-refractivity contribution in [2.45, 2.75) is 20.4 Å². The van der Waals surface area contributed by atoms with Gasteiger partial charge in [0.1, 0.15) is 0 Å². The lowest BCUT2D eigenvalue weighted by atomic mass is 10.1. The minimum atomic E-state index is 0.718. The molecular formula is C15H14Br2ClN. The van der Waals surface area contributed by atoms with Crippen LogP contribution < -0.4 is 5.32 Å². The van der Waals surface area contributed by atoms with Gasteiger partial charge in [0.05, 0.1) is 0 Å². The number of nitrogens with one attached hydrogen (secondary N) is 1. The van der Waals surface area contributed by atoms with Crippen LogP contribution >= 0.6 is 43.5 Å². The third-order valence-corrected chi connectivity index (χ3v) is 4.27. The van der Waals surface area contributed by atoms with Gasteiger partial charge in [-0.25, -0.2) is 0 Å². The zero-order valence-electron chi connectivity index (χ0n) is 10.7. The Labute approximate surface area is 135 Å². The molecule has 0 spiro atoms. The maximum atomic E-state index is 6.22. The van der Waals surface area contributed by atoms with Crippen LogP contribution in [0.15, 0.2) is 39.3 Å². The van der Waals surface area contributed by atoms with Crippen LogP contribution in [0.25, 0.3) is 0 Å². The lowest BCUT2D eigenvalue weighted by molar-refractivity contribution is 1.13. The standard InChI is InChI=1S/C15H14Br2ClN/c1-9-5-13(17)6-10(2)15(9)19-8-11-3-4-12(16)7-14(11)18/h3-7,19H,8H2,1-2H3. The molecule has 4 heteroatoms. The molecule has 0 aromatic heterocycles. The van der Waals surface area contributed by atoms with E-state index in [0.29, 0.717) is 0 Å². The fourth-order valence-corrected chi connectivity index (χ4v) is 3.47. The van der Waals surface area contributed by atoms with Crippen molar-refractivity contribution in [3.8, 4) is 0 Å². The summed E-state index contributed by atoms with van der Waals surface area (Å²) in [5, 5.41) is 4.24. The Balaban J connectivity index is 2.19. The van der Waals surface area contributed by atoms with Crippen LogP contribution in [-0.2, 0) is 6.54 Å². The second-order valence-electron chi connectivity index (χ2n) is 4.50. The number of anilines is 1. The van der Waals surface area contributed by atoms with E-state index in [1.54, 1.807) is 0 Å². The van der Waals surface area contributed by atoms with E-state index in [0.717, 1.165) is 26.1 Å². The quantitative estimate of drug-likeness (QED) is 0.653. The maximum absolute atomic E-state index is 6.22. The van der Waals surface area contributed by atoms with E-state index < -0.39 is 0 Å². The largest absolute Gasteiger partial charge is 0.380 e. The summed E-state index contributed by atoms with van der Waals surface area (Å²) in [6.07, 6.45) is 0. The molecule has 1 N–H and O–H groups in total. The molecule has 1 nitrogen and oxygen atoms in total. The summed E-state index contributed by atoms with van der Waals surface area (Å²) in [4.78, 5) is 0. The number of halogens is 3. The summed E-state index contributed by atoms with van der Waals surface area (Å²) in [6.45, 7) is 4.92. The van der Waals surface area contributed by atoms with Gasteiger partial charge in [0.25, 0.3) is 0 Å². The van der Waals surface area contributed by atoms with Crippen LogP contribution in [0.4, 0.5) is 5.69 Å². The summed E-state index contributed by atoms with van der Waals surface area (Å²) < 4.78 is 2.10. The van der Waals surface area contributed by atoms with Crippen LogP contribution in [0.1, 0.15) is 16.7 Å². The van der Waals surface area contributed by atoms with Crippen molar-refractivity contribution in [1.82, 2.24) is 0 Å². The first-order valence-corrected chi connectivity index (χ1v) is 7.88. The van der Waals surface area contributed by atoms with E-state index in [4.69, 9.17) is 11.6 Å². The second-order valence-corrected chi connectivity index (χ2v) is 6.74. The molecule has 100 valence electrons. The molecule has 0 aliphatic carbocycles. The molecule has 0 aliphatic heterocycles. The predicted octanol–water partition coefficient (Wildman–Crippen LogP) is 6.09. The highest BCUT2D eigenvalue weighted by atomic mass is 79.9. The Hall–Kier alpha value is -0.510. The van der Waals surface area contributed by atoms with Gasteiger partial charge in [-0.1, -0.05) is 49.5 Å². The molecule has 0 aliphatic rings. The van der Waals surface area contributed by atoms with E-state index in [1.165, 1.54) is 16.8 Å². The van der Waals surface area contributed by atoms with Crippen molar-refractivity contribution in [3.63, 3.8) is 0 Å². The van der Waals surface area contributed by atoms with Gasteiger partial charge in [0.2, 0.25) is 0 Å². The number of aryl methyl sites for hydroxylation is 2. The monoisotopic (exact) mass is 401 g/mol. The molecule has 0 heterocycles. The van der Waals surface area contributed by atoms with Gasteiger partial charge in [0, 0.05) is 26.2 Å². The van der Waals surface area contributed by atoms with Crippen LogP contribution in [0.2, 0.25) is 5.02 Å². The van der Waals surface area contributed by atoms with Gasteiger partial charge in [-0.3, -0.25) is 0 Å². The third kappa shape index (κ3) is 3.74. The Morgan fingerprint density at radius 3 is 2.21 bits per heavy atom. The molecule has 2 rings (SSSR count). The van der Waals surface area contributed by atoms with Crippen LogP contribution in [0, 0.1) is 13.8 Å². The second kappa shape index (κ2) is 6.29. The van der Waals surface area contributed by atoms with Gasteiger partial charge in [0.15, 0.2) is 0 Å². The van der Waals surface area contributed by atoms with E-state index in [1.807, 2.05) is 18.2 Å². The normalized spacial score (nSPS) is 10.6. The Morgan fingerprint density at radius 2 is 1.63 bits per heavy atom. The molecule has 0 saturated carbocycles. The fourth-order valence-electron chi connectivity index (χ4n) is 2.04. The maximum Gasteiger partial charge on any atom is 0.0467 e. The molecule has 0 unspecified atom stereocenters. The van der Waals surface area contributed by atoms with Gasteiger partial charge in [-0.05, 0) is 54.8 Å². The smallest absolute Gasteiger partial charge is 0.0467 e. The van der Waals surface area contributed by atoms with Gasteiger partial charge in [-0.2, -0.15) is 0 Å². The number of hydrogen-bond donors (Lipinski definition) is 1. The first kappa shape index (κ1) is 14.9. The van der Waals surface area contributed by atoms with E-state index in [-0.39, 0.29) is 0 Å². The molecular weight excluding hydrogens is 389 g/mol. The van der Waals surface area contributed by atoms with Crippen molar-refractivity contribution < 1.29 is 0 Å². The van der Waals surface area contributed by atoms with E-state index >= 15 is 0 Å². The fraction of sp³-hybridized carbons (Fsp3) is 0.200.